The van der Waals surface area contributed by atoms with Crippen molar-refractivity contribution in [2.75, 3.05) is 24.5 Å². The van der Waals surface area contributed by atoms with Crippen molar-refractivity contribution in [2.45, 2.75) is 32.5 Å². The van der Waals surface area contributed by atoms with Gasteiger partial charge in [-0.25, -0.2) is 8.91 Å². The number of fused-ring (bicyclic) bond motifs is 4. The Hall–Kier alpha value is -3.45. The molecule has 0 bridgehead atoms. The van der Waals surface area contributed by atoms with Crippen LogP contribution in [0.15, 0.2) is 18.3 Å². The molecule has 0 fully saturated rings. The summed E-state index contributed by atoms with van der Waals surface area (Å²) in [7, 11) is 0. The number of rotatable bonds is 3. The Labute approximate surface area is 172 Å². The van der Waals surface area contributed by atoms with Gasteiger partial charge in [-0.2, -0.15) is 15.5 Å². The topological polar surface area (TPSA) is 108 Å². The smallest absolute Gasteiger partial charge is 0.231 e. The van der Waals surface area contributed by atoms with Crippen LogP contribution in [-0.2, 0) is 24.3 Å². The van der Waals surface area contributed by atoms with Gasteiger partial charge >= 0.3 is 0 Å². The van der Waals surface area contributed by atoms with Crippen LogP contribution in [0.2, 0.25) is 0 Å². The summed E-state index contributed by atoms with van der Waals surface area (Å²) in [6, 6.07) is 5.58. The lowest BCUT2D eigenvalue weighted by Crippen LogP contribution is -2.39. The zero-order valence-electron chi connectivity index (χ0n) is 16.5. The normalized spacial score (nSPS) is 18.8. The number of primary amides is 1. The van der Waals surface area contributed by atoms with Crippen molar-refractivity contribution >= 4 is 17.1 Å². The van der Waals surface area contributed by atoms with Crippen molar-refractivity contribution in [3.8, 4) is 6.07 Å². The van der Waals surface area contributed by atoms with Gasteiger partial charge in [0.1, 0.15) is 17.3 Å². The molecule has 5 heterocycles. The van der Waals surface area contributed by atoms with Crippen molar-refractivity contribution in [3.05, 3.63) is 46.8 Å². The summed E-state index contributed by atoms with van der Waals surface area (Å²) >= 11 is 0. The number of pyridine rings is 1. The van der Waals surface area contributed by atoms with E-state index in [1.54, 1.807) is 12.1 Å². The van der Waals surface area contributed by atoms with E-state index in [1.165, 1.54) is 4.52 Å². The third kappa shape index (κ3) is 2.81. The fraction of sp³-hybridized carbons (Fsp3) is 0.400. The molecule has 1 amide bonds. The second-order valence-corrected chi connectivity index (χ2v) is 7.94. The summed E-state index contributed by atoms with van der Waals surface area (Å²) in [5, 5.41) is 18.2. The van der Waals surface area contributed by atoms with Gasteiger partial charge in [0.25, 0.3) is 0 Å². The number of nitrogens with zero attached hydrogens (tertiary/aromatic N) is 7. The molecule has 30 heavy (non-hydrogen) atoms. The summed E-state index contributed by atoms with van der Waals surface area (Å²) in [5.41, 5.74) is 9.91. The zero-order chi connectivity index (χ0) is 21.0. The number of halogens is 1. The van der Waals surface area contributed by atoms with Crippen LogP contribution in [0.5, 0.6) is 0 Å². The molecule has 0 aromatic carbocycles. The van der Waals surface area contributed by atoms with E-state index in [0.717, 1.165) is 36.1 Å². The molecule has 1 atom stereocenters. The summed E-state index contributed by atoms with van der Waals surface area (Å²) < 4.78 is 18.0. The first-order valence-electron chi connectivity index (χ1n) is 9.87. The maximum atomic E-state index is 14.6. The van der Waals surface area contributed by atoms with E-state index in [2.05, 4.69) is 27.7 Å². The van der Waals surface area contributed by atoms with E-state index >= 15 is 0 Å². The Morgan fingerprint density at radius 3 is 3.00 bits per heavy atom. The molecule has 0 radical (unpaired) electrons. The number of nitrogens with two attached hydrogens (primary N) is 1. The summed E-state index contributed by atoms with van der Waals surface area (Å²) in [4.78, 5) is 15.5. The minimum atomic E-state index is -0.455. The van der Waals surface area contributed by atoms with E-state index < -0.39 is 5.82 Å². The molecular formula is C20H21FN8O. The number of amides is 1. The highest BCUT2D eigenvalue weighted by molar-refractivity contribution is 5.76. The van der Waals surface area contributed by atoms with Gasteiger partial charge in [-0.1, -0.05) is 0 Å². The van der Waals surface area contributed by atoms with E-state index in [0.29, 0.717) is 30.8 Å². The second-order valence-electron chi connectivity index (χ2n) is 7.94. The first kappa shape index (κ1) is 18.6. The molecule has 0 unspecified atom stereocenters. The maximum absolute atomic E-state index is 14.6. The molecule has 5 rings (SSSR count). The van der Waals surface area contributed by atoms with Gasteiger partial charge in [0, 0.05) is 31.6 Å². The molecule has 2 aliphatic rings. The van der Waals surface area contributed by atoms with E-state index in [1.807, 2.05) is 4.90 Å². The number of anilines is 1. The predicted molar refractivity (Wildman–Crippen MR) is 106 cm³/mol. The highest BCUT2D eigenvalue weighted by Crippen LogP contribution is 2.34. The minimum absolute atomic E-state index is 0.0885. The van der Waals surface area contributed by atoms with Crippen LogP contribution in [0, 0.1) is 17.1 Å². The Morgan fingerprint density at radius 2 is 2.23 bits per heavy atom. The van der Waals surface area contributed by atoms with Gasteiger partial charge in [-0.3, -0.25) is 14.4 Å². The first-order chi connectivity index (χ1) is 14.5. The molecular weight excluding hydrogens is 387 g/mol. The standard InChI is InChI=1S/C20H21FN8O/c1-12-8-27(17-3-2-13(6-22)29-20(17)15(21)7-24-29)10-18-14-9-26(11-19(23)30)5-4-16(14)25-28(12)18/h2-3,7,12H,4-5,8-11H2,1H3,(H2,23,30)/t12-/m1/s1. The molecule has 2 aliphatic heterocycles. The molecule has 154 valence electrons. The van der Waals surface area contributed by atoms with Crippen LogP contribution < -0.4 is 10.6 Å². The summed E-state index contributed by atoms with van der Waals surface area (Å²) in [6.07, 6.45) is 1.91. The molecule has 10 heteroatoms. The lowest BCUT2D eigenvalue weighted by atomic mass is 10.0. The van der Waals surface area contributed by atoms with Crippen LogP contribution >= 0.6 is 0 Å². The Morgan fingerprint density at radius 1 is 1.40 bits per heavy atom. The summed E-state index contributed by atoms with van der Waals surface area (Å²) in [6.45, 7) is 4.90. The van der Waals surface area contributed by atoms with Crippen molar-refractivity contribution in [1.29, 1.82) is 5.26 Å². The molecule has 0 aliphatic carbocycles. The fourth-order valence-corrected chi connectivity index (χ4v) is 4.61. The molecule has 0 spiro atoms. The molecule has 3 aromatic heterocycles. The average Bonchev–Trinajstić information content (AvgIpc) is 3.28. The van der Waals surface area contributed by atoms with E-state index in [4.69, 9.17) is 10.8 Å². The zero-order valence-corrected chi connectivity index (χ0v) is 16.5. The van der Waals surface area contributed by atoms with E-state index in [9.17, 15) is 14.4 Å². The van der Waals surface area contributed by atoms with Gasteiger partial charge in [0.05, 0.1) is 42.4 Å². The number of carbonyl (C=O) groups excluding carboxylic acids is 1. The van der Waals surface area contributed by atoms with Crippen molar-refractivity contribution in [3.63, 3.8) is 0 Å². The van der Waals surface area contributed by atoms with Crippen molar-refractivity contribution in [1.82, 2.24) is 24.3 Å². The SMILES string of the molecule is C[C@@H]1CN(c2ccc(C#N)n3ncc(F)c23)Cc2c3c(nn21)CCN(CC(N)=O)C3. The van der Waals surface area contributed by atoms with Crippen LogP contribution in [0.1, 0.15) is 35.6 Å². The summed E-state index contributed by atoms with van der Waals surface area (Å²) in [5.74, 6) is -0.797. The Balaban J connectivity index is 1.54. The minimum Gasteiger partial charge on any atom is -0.369 e. The van der Waals surface area contributed by atoms with Crippen LogP contribution in [0.25, 0.3) is 5.52 Å². The predicted octanol–water partition coefficient (Wildman–Crippen LogP) is 0.966. The van der Waals surface area contributed by atoms with Gasteiger partial charge < -0.3 is 10.6 Å². The quantitative estimate of drug-likeness (QED) is 0.692. The molecule has 3 aromatic rings. The number of hydrogen-bond donors (Lipinski definition) is 1. The van der Waals surface area contributed by atoms with Crippen LogP contribution in [-0.4, -0.2) is 49.8 Å². The Kier molecular flexibility index (Phi) is 4.22. The molecule has 0 saturated carbocycles. The maximum Gasteiger partial charge on any atom is 0.231 e. The molecule has 0 saturated heterocycles. The number of hydrogen-bond acceptors (Lipinski definition) is 6. The lowest BCUT2D eigenvalue weighted by Gasteiger charge is -2.35. The number of aromatic nitrogens is 4. The third-order valence-corrected chi connectivity index (χ3v) is 5.92. The average molecular weight is 408 g/mol. The monoisotopic (exact) mass is 408 g/mol. The van der Waals surface area contributed by atoms with Crippen molar-refractivity contribution < 1.29 is 9.18 Å². The van der Waals surface area contributed by atoms with Crippen LogP contribution in [0.4, 0.5) is 10.1 Å². The van der Waals surface area contributed by atoms with Gasteiger partial charge in [0.2, 0.25) is 5.91 Å². The first-order valence-corrected chi connectivity index (χ1v) is 9.87. The van der Waals surface area contributed by atoms with Crippen LogP contribution in [0.3, 0.4) is 0 Å². The van der Waals surface area contributed by atoms with E-state index in [-0.39, 0.29) is 24.2 Å². The number of nitriles is 1. The highest BCUT2D eigenvalue weighted by Gasteiger charge is 2.32. The highest BCUT2D eigenvalue weighted by atomic mass is 19.1. The third-order valence-electron chi connectivity index (χ3n) is 5.92. The Bertz CT molecular complexity index is 1210. The molecule has 2 N–H and O–H groups in total. The second kappa shape index (κ2) is 6.81. The van der Waals surface area contributed by atoms with Gasteiger partial charge in [-0.05, 0) is 19.1 Å². The number of carbonyl (C=O) groups is 1. The largest absolute Gasteiger partial charge is 0.369 e. The van der Waals surface area contributed by atoms with Gasteiger partial charge in [-0.15, -0.1) is 0 Å². The lowest BCUT2D eigenvalue weighted by molar-refractivity contribution is -0.119. The molecule has 9 nitrogen and oxygen atoms in total. The van der Waals surface area contributed by atoms with Gasteiger partial charge in [0.15, 0.2) is 5.82 Å². The fourth-order valence-electron chi connectivity index (χ4n) is 4.61. The van der Waals surface area contributed by atoms with Crippen molar-refractivity contribution in [2.24, 2.45) is 5.73 Å².